The van der Waals surface area contributed by atoms with E-state index >= 15 is 0 Å². The number of hydrogen-bond donors (Lipinski definition) is 3. The number of amides is 1. The molecule has 4 N–H and O–H groups in total. The van der Waals surface area contributed by atoms with Crippen molar-refractivity contribution in [1.82, 2.24) is 5.32 Å². The molecule has 5 heteroatoms. The largest absolute Gasteiger partial charge is 0.397 e. The van der Waals surface area contributed by atoms with Gasteiger partial charge in [-0.05, 0) is 42.8 Å². The Morgan fingerprint density at radius 1 is 1.20 bits per heavy atom. The molecule has 104 valence electrons. The summed E-state index contributed by atoms with van der Waals surface area (Å²) in [5, 5.41) is 5.56. The van der Waals surface area contributed by atoms with Gasteiger partial charge in [-0.25, -0.2) is 4.39 Å². The summed E-state index contributed by atoms with van der Waals surface area (Å²) in [6, 6.07) is 9.72. The van der Waals surface area contributed by atoms with Crippen molar-refractivity contribution in [3.05, 3.63) is 53.3 Å². The van der Waals surface area contributed by atoms with Crippen LogP contribution in [0.25, 0.3) is 0 Å². The lowest BCUT2D eigenvalue weighted by Gasteiger charge is -2.11. The van der Waals surface area contributed by atoms with E-state index in [1.54, 1.807) is 44.3 Å². The van der Waals surface area contributed by atoms with Gasteiger partial charge in [0, 0.05) is 18.3 Å². The topological polar surface area (TPSA) is 67.2 Å². The van der Waals surface area contributed by atoms with Gasteiger partial charge in [0.1, 0.15) is 5.82 Å². The monoisotopic (exact) mass is 273 g/mol. The predicted molar refractivity (Wildman–Crippen MR) is 78.7 cm³/mol. The molecule has 20 heavy (non-hydrogen) atoms. The minimum absolute atomic E-state index is 0.205. The molecule has 0 heterocycles. The highest BCUT2D eigenvalue weighted by Crippen LogP contribution is 2.25. The zero-order chi connectivity index (χ0) is 14.7. The fourth-order valence-electron chi connectivity index (χ4n) is 1.78. The first-order valence-electron chi connectivity index (χ1n) is 6.16. The van der Waals surface area contributed by atoms with Gasteiger partial charge < -0.3 is 16.4 Å². The van der Waals surface area contributed by atoms with Crippen molar-refractivity contribution in [1.29, 1.82) is 0 Å². The van der Waals surface area contributed by atoms with Gasteiger partial charge in [-0.1, -0.05) is 6.07 Å². The van der Waals surface area contributed by atoms with Gasteiger partial charge in [-0.15, -0.1) is 0 Å². The summed E-state index contributed by atoms with van der Waals surface area (Å²) in [5.41, 5.74) is 8.54. The van der Waals surface area contributed by atoms with Crippen molar-refractivity contribution in [2.75, 3.05) is 18.1 Å². The average Bonchev–Trinajstić information content (AvgIpc) is 2.44. The highest BCUT2D eigenvalue weighted by molar-refractivity contribution is 5.96. The summed E-state index contributed by atoms with van der Waals surface area (Å²) in [6.07, 6.45) is 0. The number of nitrogens with one attached hydrogen (secondary N) is 2. The molecule has 0 unspecified atom stereocenters. The van der Waals surface area contributed by atoms with Gasteiger partial charge >= 0.3 is 0 Å². The van der Waals surface area contributed by atoms with Crippen molar-refractivity contribution >= 4 is 23.0 Å². The van der Waals surface area contributed by atoms with Crippen molar-refractivity contribution in [3.63, 3.8) is 0 Å². The highest BCUT2D eigenvalue weighted by atomic mass is 19.1. The Balaban J connectivity index is 2.32. The van der Waals surface area contributed by atoms with Crippen molar-refractivity contribution in [2.45, 2.75) is 6.92 Å². The lowest BCUT2D eigenvalue weighted by molar-refractivity contribution is 0.0963. The zero-order valence-corrected chi connectivity index (χ0v) is 11.3. The molecule has 0 aliphatic rings. The summed E-state index contributed by atoms with van der Waals surface area (Å²) in [6.45, 7) is 1.69. The number of carbonyl (C=O) groups is 1. The lowest BCUT2D eigenvalue weighted by atomic mass is 10.1. The zero-order valence-electron chi connectivity index (χ0n) is 11.3. The first-order valence-corrected chi connectivity index (χ1v) is 6.16. The molecule has 0 spiro atoms. The Kier molecular flexibility index (Phi) is 3.89. The molecule has 0 radical (unpaired) electrons. The second-order valence-corrected chi connectivity index (χ2v) is 4.47. The third-order valence-electron chi connectivity index (χ3n) is 2.99. The molecule has 2 aromatic rings. The van der Waals surface area contributed by atoms with Crippen LogP contribution < -0.4 is 16.4 Å². The van der Waals surface area contributed by atoms with Gasteiger partial charge in [0.2, 0.25) is 0 Å². The smallest absolute Gasteiger partial charge is 0.251 e. The normalized spacial score (nSPS) is 10.2. The standard InChI is InChI=1S/C15H16FN3O/c1-9-3-5-11(8-12(9)16)19-14-7-10(15(20)18-2)4-6-13(14)17/h3-8,19H,17H2,1-2H3,(H,18,20). The summed E-state index contributed by atoms with van der Waals surface area (Å²) in [5.74, 6) is -0.501. The second-order valence-electron chi connectivity index (χ2n) is 4.47. The summed E-state index contributed by atoms with van der Waals surface area (Å²) in [7, 11) is 1.56. The van der Waals surface area contributed by atoms with Crippen LogP contribution in [0.1, 0.15) is 15.9 Å². The molecule has 0 aromatic heterocycles. The number of carbonyl (C=O) groups excluding carboxylic acids is 1. The van der Waals surface area contributed by atoms with Crippen LogP contribution in [0.4, 0.5) is 21.5 Å². The van der Waals surface area contributed by atoms with Crippen LogP contribution in [0.2, 0.25) is 0 Å². The van der Waals surface area contributed by atoms with E-state index in [9.17, 15) is 9.18 Å². The maximum Gasteiger partial charge on any atom is 0.251 e. The molecular weight excluding hydrogens is 257 g/mol. The first-order chi connectivity index (χ1) is 9.51. The number of halogens is 1. The highest BCUT2D eigenvalue weighted by Gasteiger charge is 2.08. The fourth-order valence-corrected chi connectivity index (χ4v) is 1.78. The Bertz CT molecular complexity index is 656. The van der Waals surface area contributed by atoms with Crippen molar-refractivity contribution in [3.8, 4) is 0 Å². The van der Waals surface area contributed by atoms with Crippen molar-refractivity contribution in [2.24, 2.45) is 0 Å². The number of nitrogen functional groups attached to an aromatic ring is 1. The molecule has 2 aromatic carbocycles. The van der Waals surface area contributed by atoms with Crippen molar-refractivity contribution < 1.29 is 9.18 Å². The van der Waals surface area contributed by atoms with Gasteiger partial charge in [0.25, 0.3) is 5.91 Å². The Morgan fingerprint density at radius 3 is 2.60 bits per heavy atom. The minimum atomic E-state index is -0.295. The maximum atomic E-state index is 13.5. The number of hydrogen-bond acceptors (Lipinski definition) is 3. The van der Waals surface area contributed by atoms with Crippen LogP contribution in [-0.4, -0.2) is 13.0 Å². The number of aryl methyl sites for hydroxylation is 1. The quantitative estimate of drug-likeness (QED) is 0.753. The van der Waals surface area contributed by atoms with E-state index in [1.165, 1.54) is 6.07 Å². The third-order valence-corrected chi connectivity index (χ3v) is 2.99. The minimum Gasteiger partial charge on any atom is -0.397 e. The van der Waals surface area contributed by atoms with Gasteiger partial charge in [0.05, 0.1) is 11.4 Å². The fraction of sp³-hybridized carbons (Fsp3) is 0.133. The first kappa shape index (κ1) is 13.9. The molecule has 0 aliphatic carbocycles. The van der Waals surface area contributed by atoms with Gasteiger partial charge in [-0.3, -0.25) is 4.79 Å². The molecule has 0 atom stereocenters. The third kappa shape index (κ3) is 2.88. The van der Waals surface area contributed by atoms with E-state index in [0.29, 0.717) is 28.2 Å². The van der Waals surface area contributed by atoms with Crippen LogP contribution in [0.3, 0.4) is 0 Å². The predicted octanol–water partition coefficient (Wildman–Crippen LogP) is 2.82. The molecule has 0 saturated carbocycles. The van der Waals surface area contributed by atoms with E-state index in [2.05, 4.69) is 10.6 Å². The molecular formula is C15H16FN3O. The van der Waals surface area contributed by atoms with Gasteiger partial charge in [0.15, 0.2) is 0 Å². The number of nitrogens with two attached hydrogens (primary N) is 1. The molecule has 1 amide bonds. The van der Waals surface area contributed by atoms with Crippen LogP contribution in [0.5, 0.6) is 0 Å². The Hall–Kier alpha value is -2.56. The average molecular weight is 273 g/mol. The lowest BCUT2D eigenvalue weighted by Crippen LogP contribution is -2.17. The van der Waals surface area contributed by atoms with Gasteiger partial charge in [-0.2, -0.15) is 0 Å². The summed E-state index contributed by atoms with van der Waals surface area (Å²) in [4.78, 5) is 11.6. The molecule has 0 fully saturated rings. The number of benzene rings is 2. The molecule has 0 aliphatic heterocycles. The van der Waals surface area contributed by atoms with Crippen LogP contribution >= 0.6 is 0 Å². The van der Waals surface area contributed by atoms with E-state index in [-0.39, 0.29) is 11.7 Å². The van der Waals surface area contributed by atoms with Crippen LogP contribution in [-0.2, 0) is 0 Å². The van der Waals surface area contributed by atoms with Crippen LogP contribution in [0.15, 0.2) is 36.4 Å². The maximum absolute atomic E-state index is 13.5. The Labute approximate surface area is 116 Å². The van der Waals surface area contributed by atoms with E-state index in [1.807, 2.05) is 0 Å². The summed E-state index contributed by atoms with van der Waals surface area (Å²) < 4.78 is 13.5. The molecule has 0 saturated heterocycles. The van der Waals surface area contributed by atoms with E-state index in [4.69, 9.17) is 5.73 Å². The van der Waals surface area contributed by atoms with Crippen LogP contribution in [0, 0.1) is 12.7 Å². The van der Waals surface area contributed by atoms with E-state index < -0.39 is 0 Å². The Morgan fingerprint density at radius 2 is 1.95 bits per heavy atom. The molecule has 4 nitrogen and oxygen atoms in total. The number of rotatable bonds is 3. The number of anilines is 3. The van der Waals surface area contributed by atoms with E-state index in [0.717, 1.165) is 0 Å². The second kappa shape index (κ2) is 5.61. The summed E-state index contributed by atoms with van der Waals surface area (Å²) >= 11 is 0. The molecule has 0 bridgehead atoms. The SMILES string of the molecule is CNC(=O)c1ccc(N)c(Nc2ccc(C)c(F)c2)c1. The molecule has 2 rings (SSSR count).